The summed E-state index contributed by atoms with van der Waals surface area (Å²) >= 11 is 1.86. The molecule has 0 amide bonds. The third-order valence-corrected chi connectivity index (χ3v) is 10.2. The van der Waals surface area contributed by atoms with Crippen molar-refractivity contribution >= 4 is 70.1 Å². The third kappa shape index (κ3) is 4.46. The van der Waals surface area contributed by atoms with Crippen LogP contribution in [0.4, 0.5) is 17.1 Å². The fourth-order valence-electron chi connectivity index (χ4n) is 6.88. The van der Waals surface area contributed by atoms with E-state index in [0.29, 0.717) is 0 Å². The number of anilines is 3. The first kappa shape index (κ1) is 26.7. The van der Waals surface area contributed by atoms with Crippen molar-refractivity contribution in [2.24, 2.45) is 0 Å². The molecule has 46 heavy (non-hydrogen) atoms. The van der Waals surface area contributed by atoms with Gasteiger partial charge in [0.1, 0.15) is 0 Å². The molecule has 0 N–H and O–H groups in total. The molecule has 0 fully saturated rings. The first-order chi connectivity index (χ1) is 22.8. The second-order valence-corrected chi connectivity index (χ2v) is 12.8. The number of rotatable bonds is 5. The highest BCUT2D eigenvalue weighted by molar-refractivity contribution is 7.25. The molecule has 216 valence electrons. The maximum absolute atomic E-state index is 2.43. The monoisotopic (exact) mass is 603 g/mol. The number of nitrogens with zero attached hydrogens (tertiary/aromatic N) is 1. The predicted octanol–water partition coefficient (Wildman–Crippen LogP) is 13.2. The summed E-state index contributed by atoms with van der Waals surface area (Å²) in [5.74, 6) is 0. The molecule has 1 nitrogen and oxygen atoms in total. The van der Waals surface area contributed by atoms with Crippen molar-refractivity contribution in [2.45, 2.75) is 0 Å². The van der Waals surface area contributed by atoms with Crippen molar-refractivity contribution in [2.75, 3.05) is 4.90 Å². The fraction of sp³-hybridized carbons (Fsp3) is 0. The SMILES string of the molecule is c1ccc(N(c2ccc(-c3cccc4ccccc34)cc2)c2cccc3ccccc23)c(-c2ccc3sc4ccccc4c3c2)c1. The van der Waals surface area contributed by atoms with Crippen molar-refractivity contribution in [3.8, 4) is 22.3 Å². The van der Waals surface area contributed by atoms with Crippen LogP contribution in [-0.4, -0.2) is 0 Å². The molecule has 0 radical (unpaired) electrons. The Labute approximate surface area is 272 Å². The van der Waals surface area contributed by atoms with Crippen molar-refractivity contribution in [1.82, 2.24) is 0 Å². The maximum atomic E-state index is 2.43. The summed E-state index contributed by atoms with van der Waals surface area (Å²) in [4.78, 5) is 2.43. The van der Waals surface area contributed by atoms with Crippen LogP contribution in [0.15, 0.2) is 176 Å². The zero-order chi connectivity index (χ0) is 30.5. The van der Waals surface area contributed by atoms with Gasteiger partial charge in [-0.2, -0.15) is 0 Å². The highest BCUT2D eigenvalue weighted by atomic mass is 32.1. The highest BCUT2D eigenvalue weighted by Gasteiger charge is 2.20. The van der Waals surface area contributed by atoms with Crippen LogP contribution in [0.25, 0.3) is 64.0 Å². The average molecular weight is 604 g/mol. The van der Waals surface area contributed by atoms with Gasteiger partial charge in [0.15, 0.2) is 0 Å². The smallest absolute Gasteiger partial charge is 0.0540 e. The van der Waals surface area contributed by atoms with Crippen molar-refractivity contribution in [1.29, 1.82) is 0 Å². The molecule has 0 atom stereocenters. The van der Waals surface area contributed by atoms with E-state index >= 15 is 0 Å². The lowest BCUT2D eigenvalue weighted by molar-refractivity contribution is 1.30. The minimum Gasteiger partial charge on any atom is -0.309 e. The summed E-state index contributed by atoms with van der Waals surface area (Å²) < 4.78 is 2.64. The van der Waals surface area contributed by atoms with Gasteiger partial charge >= 0.3 is 0 Å². The molecular formula is C44H29NS. The van der Waals surface area contributed by atoms with Gasteiger partial charge in [-0.05, 0) is 75.3 Å². The Morgan fingerprint density at radius 1 is 0.348 bits per heavy atom. The Balaban J connectivity index is 1.24. The van der Waals surface area contributed by atoms with E-state index in [-0.39, 0.29) is 0 Å². The second-order valence-electron chi connectivity index (χ2n) is 11.7. The molecule has 0 aliphatic rings. The van der Waals surface area contributed by atoms with Crippen LogP contribution in [0.3, 0.4) is 0 Å². The normalized spacial score (nSPS) is 11.5. The van der Waals surface area contributed by atoms with Crippen LogP contribution in [0.5, 0.6) is 0 Å². The summed E-state index contributed by atoms with van der Waals surface area (Å²) in [5.41, 5.74) is 8.30. The van der Waals surface area contributed by atoms with Crippen LogP contribution in [0.2, 0.25) is 0 Å². The van der Waals surface area contributed by atoms with Crippen molar-refractivity contribution in [3.05, 3.63) is 176 Å². The minimum atomic E-state index is 1.12. The molecule has 0 aliphatic heterocycles. The van der Waals surface area contributed by atoms with Gasteiger partial charge < -0.3 is 4.90 Å². The molecule has 0 unspecified atom stereocenters. The lowest BCUT2D eigenvalue weighted by atomic mass is 9.97. The van der Waals surface area contributed by atoms with Gasteiger partial charge in [0.05, 0.1) is 11.4 Å². The summed E-state index contributed by atoms with van der Waals surface area (Å²) in [7, 11) is 0. The van der Waals surface area contributed by atoms with Crippen LogP contribution >= 0.6 is 11.3 Å². The van der Waals surface area contributed by atoms with Crippen LogP contribution in [0, 0.1) is 0 Å². The Morgan fingerprint density at radius 2 is 0.913 bits per heavy atom. The largest absolute Gasteiger partial charge is 0.309 e. The van der Waals surface area contributed by atoms with Gasteiger partial charge in [-0.3, -0.25) is 0 Å². The van der Waals surface area contributed by atoms with Crippen LogP contribution in [0.1, 0.15) is 0 Å². The number of para-hydroxylation sites is 1. The molecular weight excluding hydrogens is 575 g/mol. The molecule has 9 aromatic rings. The van der Waals surface area contributed by atoms with Gasteiger partial charge in [-0.15, -0.1) is 11.3 Å². The highest BCUT2D eigenvalue weighted by Crippen LogP contribution is 2.45. The van der Waals surface area contributed by atoms with Crippen molar-refractivity contribution in [3.63, 3.8) is 0 Å². The Kier molecular flexibility index (Phi) is 6.40. The number of hydrogen-bond donors (Lipinski definition) is 0. The van der Waals surface area contributed by atoms with E-state index in [4.69, 9.17) is 0 Å². The fourth-order valence-corrected chi connectivity index (χ4v) is 7.97. The molecule has 1 heterocycles. The second kappa shape index (κ2) is 11.0. The molecule has 0 spiro atoms. The van der Waals surface area contributed by atoms with Gasteiger partial charge in [-0.25, -0.2) is 0 Å². The summed E-state index contributed by atoms with van der Waals surface area (Å²) in [6.45, 7) is 0. The summed E-state index contributed by atoms with van der Waals surface area (Å²) in [6, 6.07) is 64.0. The molecule has 0 bridgehead atoms. The van der Waals surface area contributed by atoms with Gasteiger partial charge in [-0.1, -0.05) is 133 Å². The predicted molar refractivity (Wildman–Crippen MR) is 200 cm³/mol. The zero-order valence-corrected chi connectivity index (χ0v) is 25.9. The molecule has 0 saturated heterocycles. The van der Waals surface area contributed by atoms with E-state index < -0.39 is 0 Å². The maximum Gasteiger partial charge on any atom is 0.0540 e. The molecule has 2 heteroatoms. The average Bonchev–Trinajstić information content (AvgIpc) is 3.50. The van der Waals surface area contributed by atoms with E-state index in [0.717, 1.165) is 17.1 Å². The minimum absolute atomic E-state index is 1.12. The Bertz CT molecular complexity index is 2530. The molecule has 0 aliphatic carbocycles. The molecule has 9 rings (SSSR count). The molecule has 1 aromatic heterocycles. The van der Waals surface area contributed by atoms with E-state index in [1.165, 1.54) is 64.0 Å². The van der Waals surface area contributed by atoms with E-state index in [1.807, 2.05) is 11.3 Å². The third-order valence-electron chi connectivity index (χ3n) is 9.07. The molecule has 0 saturated carbocycles. The van der Waals surface area contributed by atoms with Crippen LogP contribution < -0.4 is 4.90 Å². The topological polar surface area (TPSA) is 3.24 Å². The lowest BCUT2D eigenvalue weighted by Crippen LogP contribution is -2.11. The number of thiophene rings is 1. The first-order valence-electron chi connectivity index (χ1n) is 15.7. The number of hydrogen-bond acceptors (Lipinski definition) is 2. The van der Waals surface area contributed by atoms with Gasteiger partial charge in [0, 0.05) is 36.8 Å². The first-order valence-corrected chi connectivity index (χ1v) is 16.5. The molecule has 8 aromatic carbocycles. The summed E-state index contributed by atoms with van der Waals surface area (Å²) in [5, 5.41) is 7.59. The van der Waals surface area contributed by atoms with Gasteiger partial charge in [0.2, 0.25) is 0 Å². The quantitative estimate of drug-likeness (QED) is 0.189. The number of benzene rings is 8. The number of fused-ring (bicyclic) bond motifs is 5. The van der Waals surface area contributed by atoms with E-state index in [1.54, 1.807) is 0 Å². The standard InChI is InChI=1S/C44H29NS/c1-3-15-35-30(11-1)13-9-19-36(35)32-23-26-34(27-24-32)45(42-21-10-14-31-12-2-4-16-37(31)42)41-20-7-5-17-38(41)33-25-28-44-40(29-33)39-18-6-8-22-43(39)46-44/h1-29H. The Morgan fingerprint density at radius 3 is 1.76 bits per heavy atom. The van der Waals surface area contributed by atoms with E-state index in [9.17, 15) is 0 Å². The van der Waals surface area contributed by atoms with Gasteiger partial charge in [0.25, 0.3) is 0 Å². The zero-order valence-electron chi connectivity index (χ0n) is 25.1. The Hall–Kier alpha value is -5.70. The lowest BCUT2D eigenvalue weighted by Gasteiger charge is -2.29. The van der Waals surface area contributed by atoms with Crippen LogP contribution in [-0.2, 0) is 0 Å². The van der Waals surface area contributed by atoms with Crippen molar-refractivity contribution < 1.29 is 0 Å². The summed E-state index contributed by atoms with van der Waals surface area (Å²) in [6.07, 6.45) is 0. The van der Waals surface area contributed by atoms with E-state index in [2.05, 4.69) is 181 Å².